The molecule has 35 heavy (non-hydrogen) atoms. The van der Waals surface area contributed by atoms with Crippen LogP contribution in [0.25, 0.3) is 5.57 Å². The molecule has 4 aromatic carbocycles. The van der Waals surface area contributed by atoms with E-state index in [0.717, 1.165) is 24.3 Å². The summed E-state index contributed by atoms with van der Waals surface area (Å²) in [5, 5.41) is 0. The monoisotopic (exact) mass is 454 g/mol. The summed E-state index contributed by atoms with van der Waals surface area (Å²) in [7, 11) is 0. The highest BCUT2D eigenvalue weighted by Crippen LogP contribution is 2.32. The van der Waals surface area contributed by atoms with Crippen molar-refractivity contribution in [2.45, 2.75) is 13.0 Å². The summed E-state index contributed by atoms with van der Waals surface area (Å²) in [6, 6.07) is 35.1. The molecule has 0 aromatic heterocycles. The highest BCUT2D eigenvalue weighted by molar-refractivity contribution is 6.06. The van der Waals surface area contributed by atoms with Crippen LogP contribution < -0.4 is 9.80 Å². The molecule has 0 N–H and O–H groups in total. The van der Waals surface area contributed by atoms with Gasteiger partial charge in [-0.25, -0.2) is 0 Å². The van der Waals surface area contributed by atoms with Gasteiger partial charge in [0.1, 0.15) is 0 Å². The van der Waals surface area contributed by atoms with Crippen molar-refractivity contribution in [3.05, 3.63) is 149 Å². The Labute approximate surface area is 206 Å². The van der Waals surface area contributed by atoms with Crippen molar-refractivity contribution in [3.63, 3.8) is 0 Å². The average Bonchev–Trinajstić information content (AvgIpc) is 3.10. The number of hydrogen-bond acceptors (Lipinski definition) is 2. The number of fused-ring (bicyclic) bond motifs is 2. The quantitative estimate of drug-likeness (QED) is 0.338. The fourth-order valence-corrected chi connectivity index (χ4v) is 4.97. The molecular formula is C32H26N2O. The maximum absolute atomic E-state index is 13.7. The van der Waals surface area contributed by atoms with E-state index in [9.17, 15) is 4.79 Å². The molecule has 2 heterocycles. The van der Waals surface area contributed by atoms with Gasteiger partial charge in [0.15, 0.2) is 0 Å². The second-order valence-electron chi connectivity index (χ2n) is 9.04. The van der Waals surface area contributed by atoms with Gasteiger partial charge in [-0.05, 0) is 70.7 Å². The fraction of sp³-hybridized carbons (Fsp3) is 0.0938. The van der Waals surface area contributed by atoms with Crippen LogP contribution in [0.3, 0.4) is 0 Å². The molecule has 0 spiro atoms. The molecule has 6 rings (SSSR count). The third kappa shape index (κ3) is 4.17. The smallest absolute Gasteiger partial charge is 0.258 e. The van der Waals surface area contributed by atoms with Gasteiger partial charge >= 0.3 is 0 Å². The Balaban J connectivity index is 1.26. The molecule has 0 aliphatic carbocycles. The number of carbonyl (C=O) groups is 1. The van der Waals surface area contributed by atoms with E-state index in [0.29, 0.717) is 12.1 Å². The van der Waals surface area contributed by atoms with E-state index >= 15 is 0 Å². The van der Waals surface area contributed by atoms with Gasteiger partial charge in [0.25, 0.3) is 5.91 Å². The predicted octanol–water partition coefficient (Wildman–Crippen LogP) is 6.86. The van der Waals surface area contributed by atoms with Crippen molar-refractivity contribution >= 4 is 22.9 Å². The molecule has 0 atom stereocenters. The van der Waals surface area contributed by atoms with Crippen LogP contribution in [0.2, 0.25) is 0 Å². The number of allylic oxidation sites excluding steroid dienone is 2. The first-order valence-electron chi connectivity index (χ1n) is 12.0. The van der Waals surface area contributed by atoms with E-state index in [1.807, 2.05) is 41.3 Å². The molecular weight excluding hydrogens is 428 g/mol. The molecule has 0 radical (unpaired) electrons. The minimum absolute atomic E-state index is 0.0276. The maximum Gasteiger partial charge on any atom is 0.258 e. The number of rotatable bonds is 3. The number of hydrogen-bond donors (Lipinski definition) is 0. The summed E-state index contributed by atoms with van der Waals surface area (Å²) < 4.78 is 0. The summed E-state index contributed by atoms with van der Waals surface area (Å²) in [4.78, 5) is 17.9. The zero-order valence-electron chi connectivity index (χ0n) is 19.5. The molecule has 3 heteroatoms. The van der Waals surface area contributed by atoms with Crippen molar-refractivity contribution in [2.24, 2.45) is 0 Å². The molecule has 0 bridgehead atoms. The molecule has 0 unspecified atom stereocenters. The van der Waals surface area contributed by atoms with E-state index in [1.54, 1.807) is 0 Å². The zero-order valence-corrected chi connectivity index (χ0v) is 19.5. The van der Waals surface area contributed by atoms with E-state index in [1.165, 1.54) is 27.8 Å². The number of para-hydroxylation sites is 1. The van der Waals surface area contributed by atoms with E-state index in [4.69, 9.17) is 0 Å². The Morgan fingerprint density at radius 1 is 0.657 bits per heavy atom. The lowest BCUT2D eigenvalue weighted by molar-refractivity contribution is 0.0985. The van der Waals surface area contributed by atoms with Crippen LogP contribution >= 0.6 is 0 Å². The van der Waals surface area contributed by atoms with Crippen molar-refractivity contribution in [1.82, 2.24) is 0 Å². The first kappa shape index (κ1) is 21.2. The fourth-order valence-electron chi connectivity index (χ4n) is 4.97. The first-order chi connectivity index (χ1) is 17.3. The third-order valence-electron chi connectivity index (χ3n) is 6.85. The molecule has 0 fully saturated rings. The van der Waals surface area contributed by atoms with Crippen molar-refractivity contribution in [3.8, 4) is 0 Å². The molecule has 4 aromatic rings. The number of carbonyl (C=O) groups excluding carboxylic acids is 1. The lowest BCUT2D eigenvalue weighted by Crippen LogP contribution is -2.30. The lowest BCUT2D eigenvalue weighted by atomic mass is 10.0. The van der Waals surface area contributed by atoms with Gasteiger partial charge in [0.05, 0.1) is 6.54 Å². The van der Waals surface area contributed by atoms with Gasteiger partial charge in [-0.2, -0.15) is 0 Å². The average molecular weight is 455 g/mol. The van der Waals surface area contributed by atoms with Gasteiger partial charge in [-0.1, -0.05) is 78.9 Å². The molecule has 2 aliphatic rings. The third-order valence-corrected chi connectivity index (χ3v) is 6.85. The number of benzene rings is 4. The second-order valence-corrected chi connectivity index (χ2v) is 9.04. The summed E-state index contributed by atoms with van der Waals surface area (Å²) in [6.45, 7) is 1.37. The first-order valence-corrected chi connectivity index (χ1v) is 12.0. The normalized spacial score (nSPS) is 14.6. The van der Waals surface area contributed by atoms with Gasteiger partial charge in [-0.3, -0.25) is 4.79 Å². The SMILES string of the molecule is O=C(c1ccc(N2C=CC=C(c3ccccc3)C2)cc1)N1Cc2ccccc2Cc2ccccc21. The minimum Gasteiger partial charge on any atom is -0.344 e. The lowest BCUT2D eigenvalue weighted by Gasteiger charge is -2.26. The van der Waals surface area contributed by atoms with Crippen LogP contribution in [-0.2, 0) is 13.0 Å². The standard InChI is InChI=1S/C32H26N2O/c35-32(34-23-29-13-5-4-11-26(29)21-27-12-6-7-15-31(27)34)25-16-18-30(19-17-25)33-20-8-14-28(22-33)24-9-2-1-3-10-24/h1-20H,21-23H2. The Morgan fingerprint density at radius 3 is 2.14 bits per heavy atom. The van der Waals surface area contributed by atoms with Crippen LogP contribution in [0.4, 0.5) is 11.4 Å². The molecule has 0 saturated heterocycles. The largest absolute Gasteiger partial charge is 0.344 e. The molecule has 1 amide bonds. The number of anilines is 2. The predicted molar refractivity (Wildman–Crippen MR) is 144 cm³/mol. The molecule has 2 aliphatic heterocycles. The molecule has 3 nitrogen and oxygen atoms in total. The van der Waals surface area contributed by atoms with E-state index in [-0.39, 0.29) is 5.91 Å². The van der Waals surface area contributed by atoms with Crippen LogP contribution in [-0.4, -0.2) is 12.5 Å². The summed E-state index contributed by atoms with van der Waals surface area (Å²) in [5.41, 5.74) is 8.93. The highest BCUT2D eigenvalue weighted by Gasteiger charge is 2.25. The summed E-state index contributed by atoms with van der Waals surface area (Å²) in [6.07, 6.45) is 7.17. The Morgan fingerprint density at radius 2 is 1.34 bits per heavy atom. The zero-order chi connectivity index (χ0) is 23.6. The van der Waals surface area contributed by atoms with Crippen molar-refractivity contribution in [1.29, 1.82) is 0 Å². The maximum atomic E-state index is 13.7. The van der Waals surface area contributed by atoms with Crippen LogP contribution in [0.1, 0.15) is 32.6 Å². The van der Waals surface area contributed by atoms with Crippen LogP contribution in [0.5, 0.6) is 0 Å². The van der Waals surface area contributed by atoms with Gasteiger partial charge in [-0.15, -0.1) is 0 Å². The Bertz CT molecular complexity index is 1430. The molecule has 170 valence electrons. The van der Waals surface area contributed by atoms with Crippen LogP contribution in [0, 0.1) is 0 Å². The molecule has 0 saturated carbocycles. The van der Waals surface area contributed by atoms with Gasteiger partial charge < -0.3 is 9.80 Å². The topological polar surface area (TPSA) is 23.6 Å². The Kier molecular flexibility index (Phi) is 5.51. The van der Waals surface area contributed by atoms with E-state index in [2.05, 4.69) is 90.0 Å². The number of amides is 1. The second kappa shape index (κ2) is 9.11. The number of nitrogens with zero attached hydrogens (tertiary/aromatic N) is 2. The van der Waals surface area contributed by atoms with Crippen molar-refractivity contribution in [2.75, 3.05) is 16.3 Å². The van der Waals surface area contributed by atoms with Crippen LogP contribution in [0.15, 0.2) is 121 Å². The van der Waals surface area contributed by atoms with E-state index < -0.39 is 0 Å². The summed E-state index contributed by atoms with van der Waals surface area (Å²) in [5.74, 6) is 0.0276. The highest BCUT2D eigenvalue weighted by atomic mass is 16.2. The minimum atomic E-state index is 0.0276. The van der Waals surface area contributed by atoms with Gasteiger partial charge in [0, 0.05) is 29.7 Å². The van der Waals surface area contributed by atoms with Crippen molar-refractivity contribution < 1.29 is 4.79 Å². The van der Waals surface area contributed by atoms with Gasteiger partial charge in [0.2, 0.25) is 0 Å². The Hall–Kier alpha value is -4.37. The summed E-state index contributed by atoms with van der Waals surface area (Å²) >= 11 is 0.